The molecule has 1 aliphatic rings. The third kappa shape index (κ3) is 2.54. The second kappa shape index (κ2) is 5.16. The first-order chi connectivity index (χ1) is 9.72. The Kier molecular flexibility index (Phi) is 3.20. The van der Waals surface area contributed by atoms with Crippen molar-refractivity contribution in [2.24, 2.45) is 0 Å². The summed E-state index contributed by atoms with van der Waals surface area (Å²) in [6.45, 7) is 0.370. The second-order valence-corrected chi connectivity index (χ2v) is 4.40. The number of nitrogens with zero attached hydrogens (tertiary/aromatic N) is 2. The van der Waals surface area contributed by atoms with Crippen LogP contribution in [0.5, 0.6) is 5.75 Å². The lowest BCUT2D eigenvalue weighted by molar-refractivity contribution is -0.137. The third-order valence-corrected chi connectivity index (χ3v) is 2.94. The Morgan fingerprint density at radius 1 is 1.35 bits per heavy atom. The SMILES string of the molecule is O=C(O)CCc1nc(C2=Cc3ccccc3OC2)no1. The molecule has 102 valence electrons. The molecule has 2 heterocycles. The van der Waals surface area contributed by atoms with Gasteiger partial charge < -0.3 is 14.4 Å². The standard InChI is InChI=1S/C14H12N2O4/c17-13(18)6-5-12-15-14(16-20-12)10-7-9-3-1-2-4-11(9)19-8-10/h1-4,7H,5-6,8H2,(H,17,18). The van der Waals surface area contributed by atoms with Crippen LogP contribution in [0.25, 0.3) is 11.6 Å². The first kappa shape index (κ1) is 12.4. The predicted molar refractivity (Wildman–Crippen MR) is 70.1 cm³/mol. The van der Waals surface area contributed by atoms with Crippen molar-refractivity contribution in [3.8, 4) is 5.75 Å². The number of carbonyl (C=O) groups is 1. The molecule has 20 heavy (non-hydrogen) atoms. The van der Waals surface area contributed by atoms with E-state index in [1.807, 2.05) is 30.3 Å². The minimum absolute atomic E-state index is 0.0278. The summed E-state index contributed by atoms with van der Waals surface area (Å²) in [5.74, 6) is 0.701. The largest absolute Gasteiger partial charge is 0.488 e. The van der Waals surface area contributed by atoms with Crippen molar-refractivity contribution < 1.29 is 19.2 Å². The molecule has 1 aromatic carbocycles. The summed E-state index contributed by atoms with van der Waals surface area (Å²) in [6.07, 6.45) is 2.15. The average molecular weight is 272 g/mol. The van der Waals surface area contributed by atoms with E-state index in [9.17, 15) is 4.79 Å². The molecule has 0 unspecified atom stereocenters. The van der Waals surface area contributed by atoms with Gasteiger partial charge in [-0.1, -0.05) is 23.4 Å². The molecule has 6 heteroatoms. The Labute approximate surface area is 114 Å². The lowest BCUT2D eigenvalue weighted by Gasteiger charge is -2.15. The highest BCUT2D eigenvalue weighted by atomic mass is 16.5. The average Bonchev–Trinajstić information content (AvgIpc) is 2.93. The van der Waals surface area contributed by atoms with Crippen LogP contribution in [-0.4, -0.2) is 27.8 Å². The fourth-order valence-electron chi connectivity index (χ4n) is 1.95. The van der Waals surface area contributed by atoms with Gasteiger partial charge in [-0.2, -0.15) is 4.98 Å². The molecular formula is C14H12N2O4. The first-order valence-electron chi connectivity index (χ1n) is 6.19. The van der Waals surface area contributed by atoms with Crippen molar-refractivity contribution in [2.75, 3.05) is 6.61 Å². The van der Waals surface area contributed by atoms with Crippen LogP contribution in [0.15, 0.2) is 28.8 Å². The number of rotatable bonds is 4. The van der Waals surface area contributed by atoms with Gasteiger partial charge in [-0.25, -0.2) is 0 Å². The van der Waals surface area contributed by atoms with Gasteiger partial charge in [0.15, 0.2) is 0 Å². The number of para-hydroxylation sites is 1. The molecule has 0 bridgehead atoms. The van der Waals surface area contributed by atoms with E-state index >= 15 is 0 Å². The highest BCUT2D eigenvalue weighted by Crippen LogP contribution is 2.29. The maximum absolute atomic E-state index is 10.5. The number of fused-ring (bicyclic) bond motifs is 1. The molecule has 1 aliphatic heterocycles. The van der Waals surface area contributed by atoms with Crippen LogP contribution in [0, 0.1) is 0 Å². The van der Waals surface area contributed by atoms with E-state index in [-0.39, 0.29) is 12.8 Å². The lowest BCUT2D eigenvalue weighted by atomic mass is 10.1. The number of carboxylic acids is 1. The number of hydrogen-bond donors (Lipinski definition) is 1. The molecule has 0 fully saturated rings. The maximum Gasteiger partial charge on any atom is 0.303 e. The fraction of sp³-hybridized carbons (Fsp3) is 0.214. The number of aliphatic carboxylic acids is 1. The van der Waals surface area contributed by atoms with Crippen LogP contribution in [0.3, 0.4) is 0 Å². The van der Waals surface area contributed by atoms with Crippen molar-refractivity contribution >= 4 is 17.6 Å². The summed E-state index contributed by atoms with van der Waals surface area (Å²) in [7, 11) is 0. The molecule has 0 saturated carbocycles. The Balaban J connectivity index is 1.80. The molecule has 0 aliphatic carbocycles. The fourth-order valence-corrected chi connectivity index (χ4v) is 1.95. The summed E-state index contributed by atoms with van der Waals surface area (Å²) in [4.78, 5) is 14.7. The number of ether oxygens (including phenoxy) is 1. The molecule has 0 amide bonds. The molecule has 0 radical (unpaired) electrons. The van der Waals surface area contributed by atoms with Crippen molar-refractivity contribution in [3.05, 3.63) is 41.5 Å². The van der Waals surface area contributed by atoms with Crippen LogP contribution in [0.1, 0.15) is 23.7 Å². The number of carboxylic acid groups (broad SMARTS) is 1. The van der Waals surface area contributed by atoms with Crippen LogP contribution in [0.2, 0.25) is 0 Å². The van der Waals surface area contributed by atoms with E-state index in [1.54, 1.807) is 0 Å². The highest BCUT2D eigenvalue weighted by Gasteiger charge is 2.17. The van der Waals surface area contributed by atoms with E-state index in [2.05, 4.69) is 10.1 Å². The number of aryl methyl sites for hydroxylation is 1. The normalized spacial score (nSPS) is 13.3. The number of aromatic nitrogens is 2. The zero-order chi connectivity index (χ0) is 13.9. The zero-order valence-electron chi connectivity index (χ0n) is 10.6. The van der Waals surface area contributed by atoms with Crippen LogP contribution in [0.4, 0.5) is 0 Å². The Bertz CT molecular complexity index is 675. The Hall–Kier alpha value is -2.63. The van der Waals surface area contributed by atoms with Gasteiger partial charge in [-0.3, -0.25) is 4.79 Å². The number of hydrogen-bond acceptors (Lipinski definition) is 5. The van der Waals surface area contributed by atoms with Gasteiger partial charge in [0.05, 0.1) is 6.42 Å². The lowest BCUT2D eigenvalue weighted by Crippen LogP contribution is -2.07. The van der Waals surface area contributed by atoms with Crippen molar-refractivity contribution in [2.45, 2.75) is 12.8 Å². The highest BCUT2D eigenvalue weighted by molar-refractivity contribution is 5.83. The van der Waals surface area contributed by atoms with Crippen LogP contribution >= 0.6 is 0 Å². The smallest absolute Gasteiger partial charge is 0.303 e. The van der Waals surface area contributed by atoms with Crippen molar-refractivity contribution in [3.63, 3.8) is 0 Å². The van der Waals surface area contributed by atoms with Gasteiger partial charge in [0, 0.05) is 17.6 Å². The van der Waals surface area contributed by atoms with Crippen LogP contribution in [-0.2, 0) is 11.2 Å². The first-order valence-corrected chi connectivity index (χ1v) is 6.19. The molecule has 0 spiro atoms. The number of benzene rings is 1. The van der Waals surface area contributed by atoms with Gasteiger partial charge in [0.2, 0.25) is 11.7 Å². The van der Waals surface area contributed by atoms with E-state index in [4.69, 9.17) is 14.4 Å². The summed E-state index contributed by atoms with van der Waals surface area (Å²) >= 11 is 0. The second-order valence-electron chi connectivity index (χ2n) is 4.40. The topological polar surface area (TPSA) is 85.5 Å². The summed E-state index contributed by atoms with van der Waals surface area (Å²) in [5.41, 5.74) is 1.78. The van der Waals surface area contributed by atoms with E-state index < -0.39 is 5.97 Å². The summed E-state index contributed by atoms with van der Waals surface area (Å²) in [6, 6.07) is 7.68. The Morgan fingerprint density at radius 3 is 3.05 bits per heavy atom. The molecule has 0 atom stereocenters. The molecule has 3 rings (SSSR count). The summed E-state index contributed by atoms with van der Waals surface area (Å²) in [5, 5.41) is 12.5. The quantitative estimate of drug-likeness (QED) is 0.916. The molecular weight excluding hydrogens is 260 g/mol. The predicted octanol–water partition coefficient (Wildman–Crippen LogP) is 2.02. The third-order valence-electron chi connectivity index (χ3n) is 2.94. The zero-order valence-corrected chi connectivity index (χ0v) is 10.6. The van der Waals surface area contributed by atoms with Gasteiger partial charge in [-0.05, 0) is 12.1 Å². The van der Waals surface area contributed by atoms with E-state index in [0.29, 0.717) is 18.3 Å². The molecule has 2 aromatic rings. The van der Waals surface area contributed by atoms with Gasteiger partial charge >= 0.3 is 5.97 Å². The van der Waals surface area contributed by atoms with Gasteiger partial charge in [-0.15, -0.1) is 0 Å². The van der Waals surface area contributed by atoms with Crippen LogP contribution < -0.4 is 4.74 Å². The maximum atomic E-state index is 10.5. The van der Waals surface area contributed by atoms with Gasteiger partial charge in [0.1, 0.15) is 12.4 Å². The molecule has 0 saturated heterocycles. The monoisotopic (exact) mass is 272 g/mol. The summed E-state index contributed by atoms with van der Waals surface area (Å²) < 4.78 is 10.6. The molecule has 1 aromatic heterocycles. The van der Waals surface area contributed by atoms with E-state index in [0.717, 1.165) is 16.9 Å². The molecule has 1 N–H and O–H groups in total. The Morgan fingerprint density at radius 2 is 2.20 bits per heavy atom. The minimum Gasteiger partial charge on any atom is -0.488 e. The molecule has 6 nitrogen and oxygen atoms in total. The van der Waals surface area contributed by atoms with Crippen molar-refractivity contribution in [1.29, 1.82) is 0 Å². The minimum atomic E-state index is -0.890. The van der Waals surface area contributed by atoms with E-state index in [1.165, 1.54) is 0 Å². The van der Waals surface area contributed by atoms with Gasteiger partial charge in [0.25, 0.3) is 0 Å². The van der Waals surface area contributed by atoms with Crippen molar-refractivity contribution in [1.82, 2.24) is 10.1 Å².